The summed E-state index contributed by atoms with van der Waals surface area (Å²) in [5, 5.41) is 4.60. The van der Waals surface area contributed by atoms with Crippen LogP contribution < -0.4 is 28.7 Å². The third-order valence-electron chi connectivity index (χ3n) is 1.13. The van der Waals surface area contributed by atoms with Gasteiger partial charge in [-0.3, -0.25) is 10.4 Å². The second-order valence-electron chi connectivity index (χ2n) is 1.93. The quantitative estimate of drug-likeness (QED) is 0.131. The average Bonchev–Trinajstić information content (AvgIpc) is 2.03. The molecule has 0 aromatic heterocycles. The first-order valence-electron chi connectivity index (χ1n) is 3.23. The lowest BCUT2D eigenvalue weighted by atomic mass is 10.4. The average molecular weight is 161 g/mol. The topological polar surface area (TPSA) is 132 Å². The Hall–Kier alpha value is -1.05. The predicted molar refractivity (Wildman–Crippen MR) is 43.5 cm³/mol. The van der Waals surface area contributed by atoms with Crippen LogP contribution in [0.4, 0.5) is 0 Å². The molecule has 0 unspecified atom stereocenters. The molecule has 0 atom stereocenters. The third kappa shape index (κ3) is 3.61. The Morgan fingerprint density at radius 2 is 2.18 bits per heavy atom. The van der Waals surface area contributed by atoms with Gasteiger partial charge in [0.1, 0.15) is 0 Å². The molecule has 0 aliphatic heterocycles. The van der Waals surface area contributed by atoms with Crippen LogP contribution in [0, 0.1) is 0 Å². The van der Waals surface area contributed by atoms with Crippen molar-refractivity contribution in [2.75, 3.05) is 13.1 Å². The summed E-state index contributed by atoms with van der Waals surface area (Å²) < 4.78 is 0. The maximum Gasteiger partial charge on any atom is 0.244 e. The van der Waals surface area contributed by atoms with Gasteiger partial charge in [-0.05, 0) is 13.0 Å². The zero-order valence-electron chi connectivity index (χ0n) is 6.33. The molecular weight excluding hydrogens is 146 g/mol. The van der Waals surface area contributed by atoms with Gasteiger partial charge in [0, 0.05) is 6.54 Å². The maximum absolute atomic E-state index is 5.45. The molecule has 0 aliphatic carbocycles. The zero-order valence-corrected chi connectivity index (χ0v) is 6.33. The summed E-state index contributed by atoms with van der Waals surface area (Å²) in [7, 11) is 0. The fourth-order valence-electron chi connectivity index (χ4n) is 0.562. The van der Waals surface area contributed by atoms with Crippen LogP contribution in [0.2, 0.25) is 0 Å². The summed E-state index contributed by atoms with van der Waals surface area (Å²) in [4.78, 5) is 0. The highest BCUT2D eigenvalue weighted by Crippen LogP contribution is 1.81. The highest BCUT2D eigenvalue weighted by molar-refractivity contribution is 5.78. The number of hydrogen-bond donors (Lipinski definition) is 5. The van der Waals surface area contributed by atoms with E-state index in [4.69, 9.17) is 23.3 Å². The lowest BCUT2D eigenvalue weighted by Crippen LogP contribution is -2.49. The monoisotopic (exact) mass is 161 g/mol. The molecule has 0 heterocycles. The normalized spacial score (nSPS) is 11.4. The summed E-state index contributed by atoms with van der Waals surface area (Å²) in [6, 6.07) is 0. The summed E-state index contributed by atoms with van der Waals surface area (Å²) in [5.74, 6) is 15.7. The summed E-state index contributed by atoms with van der Waals surface area (Å²) >= 11 is 0. The minimum absolute atomic E-state index is 0.235. The third-order valence-corrected chi connectivity index (χ3v) is 1.13. The van der Waals surface area contributed by atoms with Gasteiger partial charge in [0.25, 0.3) is 0 Å². The first-order valence-corrected chi connectivity index (χ1v) is 3.23. The number of hydrogen-bond acceptors (Lipinski definition) is 5. The van der Waals surface area contributed by atoms with Crippen LogP contribution >= 0.6 is 0 Å². The number of hydrazine groups is 2. The van der Waals surface area contributed by atoms with Crippen molar-refractivity contribution in [2.45, 2.75) is 6.42 Å². The number of hydrazone groups is 1. The van der Waals surface area contributed by atoms with Gasteiger partial charge in [-0.1, -0.05) is 0 Å². The van der Waals surface area contributed by atoms with Crippen LogP contribution in [-0.2, 0) is 0 Å². The first kappa shape index (κ1) is 9.95. The van der Waals surface area contributed by atoms with E-state index < -0.39 is 0 Å². The number of nitrogens with two attached hydrogens (primary N) is 4. The van der Waals surface area contributed by atoms with E-state index in [9.17, 15) is 0 Å². The minimum Gasteiger partial charge on any atom is -0.330 e. The van der Waals surface area contributed by atoms with E-state index in [0.717, 1.165) is 6.42 Å². The van der Waals surface area contributed by atoms with Crippen molar-refractivity contribution in [1.82, 2.24) is 10.4 Å². The molecule has 0 spiro atoms. The van der Waals surface area contributed by atoms with E-state index >= 15 is 0 Å². The van der Waals surface area contributed by atoms with E-state index in [2.05, 4.69) is 10.5 Å². The van der Waals surface area contributed by atoms with E-state index in [1.807, 2.05) is 0 Å². The van der Waals surface area contributed by atoms with Crippen molar-refractivity contribution in [2.24, 2.45) is 28.4 Å². The molecule has 0 saturated heterocycles. The Morgan fingerprint density at radius 1 is 1.55 bits per heavy atom. The number of nitrogens with one attached hydrogen (secondary N) is 1. The molecule has 7 heteroatoms. The molecule has 0 aromatic carbocycles. The Bertz CT molecular complexity index is 122. The molecule has 0 aliphatic rings. The molecule has 0 radical (unpaired) electrons. The van der Waals surface area contributed by atoms with Crippen molar-refractivity contribution in [3.05, 3.63) is 0 Å². The SMILES string of the molecule is NCCCN(N)/C(=N/N)NN. The Kier molecular flexibility index (Phi) is 5.17. The number of nitrogens with zero attached hydrogens (tertiary/aromatic N) is 2. The van der Waals surface area contributed by atoms with Crippen LogP contribution in [0.5, 0.6) is 0 Å². The first-order chi connectivity index (χ1) is 5.26. The van der Waals surface area contributed by atoms with Gasteiger partial charge < -0.3 is 11.6 Å². The van der Waals surface area contributed by atoms with Crippen molar-refractivity contribution in [3.63, 3.8) is 0 Å². The van der Waals surface area contributed by atoms with Gasteiger partial charge in [-0.2, -0.15) is 0 Å². The van der Waals surface area contributed by atoms with Crippen molar-refractivity contribution >= 4 is 5.96 Å². The largest absolute Gasteiger partial charge is 0.330 e. The second kappa shape index (κ2) is 5.71. The van der Waals surface area contributed by atoms with E-state index in [-0.39, 0.29) is 5.96 Å². The van der Waals surface area contributed by atoms with Crippen molar-refractivity contribution in [3.8, 4) is 0 Å². The second-order valence-corrected chi connectivity index (χ2v) is 1.93. The molecular formula is C4H15N7. The fraction of sp³-hybridized carbons (Fsp3) is 0.750. The maximum atomic E-state index is 5.45. The number of rotatable bonds is 3. The smallest absolute Gasteiger partial charge is 0.244 e. The molecule has 0 saturated carbocycles. The van der Waals surface area contributed by atoms with Crippen LogP contribution in [0.3, 0.4) is 0 Å². The lowest BCUT2D eigenvalue weighted by Gasteiger charge is -2.17. The summed E-state index contributed by atoms with van der Waals surface area (Å²) in [6.45, 7) is 1.13. The summed E-state index contributed by atoms with van der Waals surface area (Å²) in [6.07, 6.45) is 0.761. The highest BCUT2D eigenvalue weighted by atomic mass is 15.5. The van der Waals surface area contributed by atoms with Gasteiger partial charge >= 0.3 is 0 Å². The molecule has 0 bridgehead atoms. The zero-order chi connectivity index (χ0) is 8.69. The van der Waals surface area contributed by atoms with Crippen LogP contribution in [0.25, 0.3) is 0 Å². The van der Waals surface area contributed by atoms with E-state index in [1.165, 1.54) is 5.01 Å². The standard InChI is InChI=1S/C4H15N7/c5-2-1-3-11(8)4(9-6)10-7/h1-3,5-8H2,(H,9,10). The van der Waals surface area contributed by atoms with Gasteiger partial charge in [-0.25, -0.2) is 11.7 Å². The minimum atomic E-state index is 0.235. The van der Waals surface area contributed by atoms with Gasteiger partial charge in [0.15, 0.2) is 0 Å². The molecule has 7 nitrogen and oxygen atoms in total. The van der Waals surface area contributed by atoms with Gasteiger partial charge in [0.2, 0.25) is 5.96 Å². The Morgan fingerprint density at radius 3 is 2.55 bits per heavy atom. The van der Waals surface area contributed by atoms with E-state index in [0.29, 0.717) is 13.1 Å². The van der Waals surface area contributed by atoms with Crippen LogP contribution in [-0.4, -0.2) is 24.1 Å². The Balaban J connectivity index is 3.70. The highest BCUT2D eigenvalue weighted by Gasteiger charge is 2.02. The summed E-state index contributed by atoms with van der Waals surface area (Å²) in [5.41, 5.74) is 7.50. The molecule has 66 valence electrons. The molecule has 0 rings (SSSR count). The molecule has 0 amide bonds. The molecule has 9 N–H and O–H groups in total. The fourth-order valence-corrected chi connectivity index (χ4v) is 0.562. The van der Waals surface area contributed by atoms with Crippen LogP contribution in [0.15, 0.2) is 5.10 Å². The van der Waals surface area contributed by atoms with Gasteiger partial charge in [-0.15, -0.1) is 5.10 Å². The molecule has 11 heavy (non-hydrogen) atoms. The van der Waals surface area contributed by atoms with Crippen molar-refractivity contribution in [1.29, 1.82) is 0 Å². The number of guanidine groups is 1. The van der Waals surface area contributed by atoms with Crippen molar-refractivity contribution < 1.29 is 0 Å². The van der Waals surface area contributed by atoms with Gasteiger partial charge in [0.05, 0.1) is 0 Å². The van der Waals surface area contributed by atoms with E-state index in [1.54, 1.807) is 0 Å². The predicted octanol–water partition coefficient (Wildman–Crippen LogP) is -2.80. The molecule has 0 fully saturated rings. The lowest BCUT2D eigenvalue weighted by molar-refractivity contribution is 0.415. The Labute approximate surface area is 65.3 Å². The van der Waals surface area contributed by atoms with Crippen LogP contribution in [0.1, 0.15) is 6.42 Å². The molecule has 0 aromatic rings.